The summed E-state index contributed by atoms with van der Waals surface area (Å²) in [6.45, 7) is 0. The van der Waals surface area contributed by atoms with Gasteiger partial charge in [0.1, 0.15) is 0 Å². The van der Waals surface area contributed by atoms with Crippen molar-refractivity contribution in [3.63, 3.8) is 0 Å². The maximum absolute atomic E-state index is 2.41. The molecular formula is C8H12Ge. The first-order valence-corrected chi connectivity index (χ1v) is 9.65. The van der Waals surface area contributed by atoms with Gasteiger partial charge in [-0.1, -0.05) is 0 Å². The molecule has 1 spiro atoms. The molecule has 0 amide bonds. The Balaban J connectivity index is 2.11. The second kappa shape index (κ2) is 2.01. The van der Waals surface area contributed by atoms with Gasteiger partial charge >= 0.3 is 58.6 Å². The Morgan fingerprint density at radius 2 is 1.00 bits per heavy atom. The Bertz CT molecular complexity index is 128. The number of allylic oxidation sites excluding steroid dienone is 4. The average Bonchev–Trinajstić information content (AvgIpc) is 2.45. The average molecular weight is 181 g/mol. The molecule has 0 saturated carbocycles. The molecule has 2 heterocycles. The number of hydrogen-bond acceptors (Lipinski definition) is 0. The predicted octanol–water partition coefficient (Wildman–Crippen LogP) is 2.57. The molecule has 48 valence electrons. The van der Waals surface area contributed by atoms with Crippen LogP contribution in [0.2, 0.25) is 21.0 Å². The molecule has 0 fully saturated rings. The molecule has 2 rings (SSSR count). The summed E-state index contributed by atoms with van der Waals surface area (Å²) >= 11 is -1.17. The van der Waals surface area contributed by atoms with Gasteiger partial charge in [-0.3, -0.25) is 0 Å². The van der Waals surface area contributed by atoms with Crippen LogP contribution in [-0.2, 0) is 0 Å². The van der Waals surface area contributed by atoms with Gasteiger partial charge in [0.2, 0.25) is 0 Å². The normalized spacial score (nSPS) is 28.4. The van der Waals surface area contributed by atoms with Gasteiger partial charge in [0.25, 0.3) is 0 Å². The van der Waals surface area contributed by atoms with E-state index in [2.05, 4.69) is 24.3 Å². The van der Waals surface area contributed by atoms with E-state index in [0.29, 0.717) is 0 Å². The summed E-state index contributed by atoms with van der Waals surface area (Å²) < 4.78 is 0. The molecule has 0 saturated heterocycles. The summed E-state index contributed by atoms with van der Waals surface area (Å²) in [5.74, 6) is 0. The fourth-order valence-electron chi connectivity index (χ4n) is 1.83. The van der Waals surface area contributed by atoms with Gasteiger partial charge in [-0.15, -0.1) is 0 Å². The Morgan fingerprint density at radius 3 is 1.33 bits per heavy atom. The van der Waals surface area contributed by atoms with Crippen LogP contribution in [0.25, 0.3) is 0 Å². The zero-order valence-corrected chi connectivity index (χ0v) is 7.74. The third-order valence-corrected chi connectivity index (χ3v) is 11.8. The first kappa shape index (κ1) is 5.78. The fraction of sp³-hybridized carbons (Fsp3) is 0.500. The van der Waals surface area contributed by atoms with E-state index in [4.69, 9.17) is 0 Å². The summed E-state index contributed by atoms with van der Waals surface area (Å²) in [6, 6.07) is 0. The van der Waals surface area contributed by atoms with E-state index in [-0.39, 0.29) is 0 Å². The van der Waals surface area contributed by atoms with Crippen LogP contribution in [0.1, 0.15) is 0 Å². The third-order valence-electron chi connectivity index (χ3n) is 2.54. The summed E-state index contributed by atoms with van der Waals surface area (Å²) in [4.78, 5) is 0. The van der Waals surface area contributed by atoms with E-state index in [9.17, 15) is 0 Å². The molecule has 0 nitrogen and oxygen atoms in total. The Kier molecular flexibility index (Phi) is 1.29. The van der Waals surface area contributed by atoms with Crippen molar-refractivity contribution in [3.05, 3.63) is 24.3 Å². The SMILES string of the molecule is C1=C[CH2][Ge]2([CH2]1)[CH2]C=C[CH2]2. The van der Waals surface area contributed by atoms with Crippen LogP contribution in [-0.4, -0.2) is 13.3 Å². The molecule has 0 unspecified atom stereocenters. The van der Waals surface area contributed by atoms with Crippen LogP contribution in [0.3, 0.4) is 0 Å². The minimum atomic E-state index is -1.17. The first-order valence-electron chi connectivity index (χ1n) is 3.71. The minimum absolute atomic E-state index is 1.17. The predicted molar refractivity (Wildman–Crippen MR) is 43.3 cm³/mol. The zero-order valence-electron chi connectivity index (χ0n) is 5.64. The van der Waals surface area contributed by atoms with Crippen LogP contribution in [0.15, 0.2) is 24.3 Å². The first-order chi connectivity index (χ1) is 4.41. The van der Waals surface area contributed by atoms with Crippen molar-refractivity contribution in [2.24, 2.45) is 0 Å². The Labute approximate surface area is 59.0 Å². The standard InChI is InChI=1S/C8H12Ge/c1-2-6-9(5-1)7-3-4-8-9/h1-4H,5-8H2. The summed E-state index contributed by atoms with van der Waals surface area (Å²) in [6.07, 6.45) is 9.64. The number of rotatable bonds is 0. The van der Waals surface area contributed by atoms with Gasteiger partial charge in [0.15, 0.2) is 0 Å². The van der Waals surface area contributed by atoms with Crippen LogP contribution in [0, 0.1) is 0 Å². The quantitative estimate of drug-likeness (QED) is 0.397. The molecular weight excluding hydrogens is 169 g/mol. The van der Waals surface area contributed by atoms with Crippen LogP contribution < -0.4 is 0 Å². The molecule has 2 aliphatic heterocycles. The van der Waals surface area contributed by atoms with E-state index < -0.39 is 13.3 Å². The topological polar surface area (TPSA) is 0 Å². The molecule has 0 aliphatic carbocycles. The Morgan fingerprint density at radius 1 is 0.667 bits per heavy atom. The van der Waals surface area contributed by atoms with Gasteiger partial charge in [-0.2, -0.15) is 0 Å². The third kappa shape index (κ3) is 0.896. The molecule has 0 radical (unpaired) electrons. The van der Waals surface area contributed by atoms with Gasteiger partial charge in [0.05, 0.1) is 0 Å². The van der Waals surface area contributed by atoms with E-state index >= 15 is 0 Å². The van der Waals surface area contributed by atoms with Gasteiger partial charge < -0.3 is 0 Å². The molecule has 2 aliphatic rings. The van der Waals surface area contributed by atoms with E-state index in [1.165, 1.54) is 21.0 Å². The summed E-state index contributed by atoms with van der Waals surface area (Å²) in [5, 5.41) is 6.03. The van der Waals surface area contributed by atoms with Crippen molar-refractivity contribution in [1.82, 2.24) is 0 Å². The van der Waals surface area contributed by atoms with Gasteiger partial charge in [-0.05, 0) is 0 Å². The zero-order chi connectivity index (χ0) is 6.16. The maximum atomic E-state index is 2.41. The van der Waals surface area contributed by atoms with Crippen molar-refractivity contribution >= 4 is 13.3 Å². The second-order valence-electron chi connectivity index (χ2n) is 3.26. The van der Waals surface area contributed by atoms with Crippen molar-refractivity contribution in [1.29, 1.82) is 0 Å². The molecule has 0 aromatic heterocycles. The second-order valence-corrected chi connectivity index (χ2v) is 13.0. The van der Waals surface area contributed by atoms with E-state index in [1.54, 1.807) is 0 Å². The molecule has 0 atom stereocenters. The molecule has 0 aromatic carbocycles. The van der Waals surface area contributed by atoms with Crippen LogP contribution in [0.5, 0.6) is 0 Å². The van der Waals surface area contributed by atoms with Crippen LogP contribution in [0.4, 0.5) is 0 Å². The molecule has 9 heavy (non-hydrogen) atoms. The molecule has 0 N–H and O–H groups in total. The van der Waals surface area contributed by atoms with Crippen molar-refractivity contribution in [2.75, 3.05) is 0 Å². The van der Waals surface area contributed by atoms with Crippen LogP contribution >= 0.6 is 0 Å². The Hall–Kier alpha value is 0.0229. The molecule has 0 aromatic rings. The molecule has 1 heteroatoms. The van der Waals surface area contributed by atoms with Crippen molar-refractivity contribution < 1.29 is 0 Å². The van der Waals surface area contributed by atoms with Crippen molar-refractivity contribution in [2.45, 2.75) is 21.0 Å². The molecule has 0 bridgehead atoms. The van der Waals surface area contributed by atoms with Gasteiger partial charge in [-0.25, -0.2) is 0 Å². The number of hydrogen-bond donors (Lipinski definition) is 0. The van der Waals surface area contributed by atoms with E-state index in [1.807, 2.05) is 0 Å². The van der Waals surface area contributed by atoms with Crippen molar-refractivity contribution in [3.8, 4) is 0 Å². The van der Waals surface area contributed by atoms with Gasteiger partial charge in [0, 0.05) is 0 Å². The summed E-state index contributed by atoms with van der Waals surface area (Å²) in [7, 11) is 0. The van der Waals surface area contributed by atoms with E-state index in [0.717, 1.165) is 0 Å². The summed E-state index contributed by atoms with van der Waals surface area (Å²) in [5.41, 5.74) is 0. The monoisotopic (exact) mass is 182 g/mol. The fourth-order valence-corrected chi connectivity index (χ4v) is 9.53.